The van der Waals surface area contributed by atoms with E-state index in [1.165, 1.54) is 5.56 Å². The van der Waals surface area contributed by atoms with Gasteiger partial charge in [0.15, 0.2) is 11.5 Å². The standard InChI is InChI=1S/C15H21ClN2O2/c1-18-9-10(8-17)7-13(18)11-3-4-12(16)15-14(11)19-5-2-6-20-15/h3-4,10,13H,2,5-9,17H2,1H3. The third kappa shape index (κ3) is 2.48. The number of hydrogen-bond acceptors (Lipinski definition) is 4. The molecule has 5 heteroatoms. The summed E-state index contributed by atoms with van der Waals surface area (Å²) in [6, 6.07) is 4.31. The molecule has 4 nitrogen and oxygen atoms in total. The van der Waals surface area contributed by atoms with Gasteiger partial charge in [-0.3, -0.25) is 4.90 Å². The summed E-state index contributed by atoms with van der Waals surface area (Å²) < 4.78 is 11.7. The highest BCUT2D eigenvalue weighted by Crippen LogP contribution is 2.46. The van der Waals surface area contributed by atoms with E-state index in [0.29, 0.717) is 35.9 Å². The number of nitrogens with two attached hydrogens (primary N) is 1. The predicted octanol–water partition coefficient (Wildman–Crippen LogP) is 2.45. The molecule has 1 saturated heterocycles. The van der Waals surface area contributed by atoms with Gasteiger partial charge in [-0.25, -0.2) is 0 Å². The summed E-state index contributed by atoms with van der Waals surface area (Å²) in [4.78, 5) is 2.34. The van der Waals surface area contributed by atoms with Crippen molar-refractivity contribution < 1.29 is 9.47 Å². The first-order chi connectivity index (χ1) is 9.70. The summed E-state index contributed by atoms with van der Waals surface area (Å²) in [5.41, 5.74) is 6.99. The first-order valence-corrected chi connectivity index (χ1v) is 7.56. The third-order valence-electron chi connectivity index (χ3n) is 4.20. The maximum absolute atomic E-state index is 6.25. The van der Waals surface area contributed by atoms with Gasteiger partial charge in [0.05, 0.1) is 18.2 Å². The van der Waals surface area contributed by atoms with Crippen LogP contribution in [0.3, 0.4) is 0 Å². The molecule has 0 aliphatic carbocycles. The van der Waals surface area contributed by atoms with Gasteiger partial charge in [0, 0.05) is 24.6 Å². The van der Waals surface area contributed by atoms with Gasteiger partial charge in [0.1, 0.15) is 0 Å². The van der Waals surface area contributed by atoms with E-state index in [1.807, 2.05) is 6.07 Å². The normalized spacial score (nSPS) is 26.6. The van der Waals surface area contributed by atoms with Gasteiger partial charge in [-0.05, 0) is 32.0 Å². The molecule has 2 atom stereocenters. The van der Waals surface area contributed by atoms with Crippen LogP contribution in [-0.4, -0.2) is 38.3 Å². The number of fused-ring (bicyclic) bond motifs is 1. The molecular weight excluding hydrogens is 276 g/mol. The molecule has 2 aliphatic rings. The molecule has 110 valence electrons. The smallest absolute Gasteiger partial charge is 0.180 e. The minimum atomic E-state index is 0.330. The average molecular weight is 297 g/mol. The maximum Gasteiger partial charge on any atom is 0.180 e. The minimum absolute atomic E-state index is 0.330. The lowest BCUT2D eigenvalue weighted by atomic mass is 9.98. The fraction of sp³-hybridized carbons (Fsp3) is 0.600. The predicted molar refractivity (Wildman–Crippen MR) is 79.6 cm³/mol. The van der Waals surface area contributed by atoms with E-state index in [1.54, 1.807) is 0 Å². The van der Waals surface area contributed by atoms with E-state index in [4.69, 9.17) is 26.8 Å². The minimum Gasteiger partial charge on any atom is -0.489 e. The molecular formula is C15H21ClN2O2. The molecule has 1 aromatic rings. The van der Waals surface area contributed by atoms with Crippen LogP contribution < -0.4 is 15.2 Å². The highest BCUT2D eigenvalue weighted by atomic mass is 35.5. The molecule has 2 heterocycles. The molecule has 2 aliphatic heterocycles. The van der Waals surface area contributed by atoms with Crippen LogP contribution in [0.5, 0.6) is 11.5 Å². The summed E-state index contributed by atoms with van der Waals surface area (Å²) in [6.45, 7) is 3.09. The van der Waals surface area contributed by atoms with E-state index in [9.17, 15) is 0 Å². The van der Waals surface area contributed by atoms with E-state index < -0.39 is 0 Å². The van der Waals surface area contributed by atoms with Gasteiger partial charge < -0.3 is 15.2 Å². The van der Waals surface area contributed by atoms with E-state index >= 15 is 0 Å². The average Bonchev–Trinajstić information content (AvgIpc) is 2.66. The fourth-order valence-electron chi connectivity index (χ4n) is 3.15. The van der Waals surface area contributed by atoms with Crippen LogP contribution in [0.15, 0.2) is 12.1 Å². The van der Waals surface area contributed by atoms with Gasteiger partial charge in [0.2, 0.25) is 0 Å². The van der Waals surface area contributed by atoms with Crippen molar-refractivity contribution in [2.24, 2.45) is 11.7 Å². The number of rotatable bonds is 2. The molecule has 2 unspecified atom stereocenters. The zero-order valence-corrected chi connectivity index (χ0v) is 12.5. The number of hydrogen-bond donors (Lipinski definition) is 1. The molecule has 20 heavy (non-hydrogen) atoms. The van der Waals surface area contributed by atoms with Crippen molar-refractivity contribution in [3.63, 3.8) is 0 Å². The zero-order valence-electron chi connectivity index (χ0n) is 11.8. The van der Waals surface area contributed by atoms with Gasteiger partial charge in [-0.2, -0.15) is 0 Å². The summed E-state index contributed by atoms with van der Waals surface area (Å²) in [6.07, 6.45) is 1.95. The Hall–Kier alpha value is -0.970. The number of halogens is 1. The second-order valence-electron chi connectivity index (χ2n) is 5.64. The Bertz CT molecular complexity index is 495. The molecule has 2 N–H and O–H groups in total. The first kappa shape index (κ1) is 14.0. The van der Waals surface area contributed by atoms with Gasteiger partial charge >= 0.3 is 0 Å². The SMILES string of the molecule is CN1CC(CN)CC1c1ccc(Cl)c2c1OCCCO2. The Morgan fingerprint density at radius 2 is 2.05 bits per heavy atom. The lowest BCUT2D eigenvalue weighted by Crippen LogP contribution is -2.21. The van der Waals surface area contributed by atoms with E-state index in [0.717, 1.165) is 31.7 Å². The summed E-state index contributed by atoms with van der Waals surface area (Å²) >= 11 is 6.25. The fourth-order valence-corrected chi connectivity index (χ4v) is 3.35. The monoisotopic (exact) mass is 296 g/mol. The lowest BCUT2D eigenvalue weighted by molar-refractivity contribution is 0.282. The molecule has 0 saturated carbocycles. The summed E-state index contributed by atoms with van der Waals surface area (Å²) in [5.74, 6) is 2.07. The molecule has 0 aromatic heterocycles. The second kappa shape index (κ2) is 5.80. The summed E-state index contributed by atoms with van der Waals surface area (Å²) in [5, 5.41) is 0.627. The van der Waals surface area contributed by atoms with E-state index in [2.05, 4.69) is 18.0 Å². The maximum atomic E-state index is 6.25. The Kier molecular flexibility index (Phi) is 4.06. The zero-order chi connectivity index (χ0) is 14.1. The van der Waals surface area contributed by atoms with Crippen molar-refractivity contribution >= 4 is 11.6 Å². The molecule has 3 rings (SSSR count). The quantitative estimate of drug-likeness (QED) is 0.911. The third-order valence-corrected chi connectivity index (χ3v) is 4.50. The lowest BCUT2D eigenvalue weighted by Gasteiger charge is -2.23. The van der Waals surface area contributed by atoms with Gasteiger partial charge in [-0.15, -0.1) is 0 Å². The largest absolute Gasteiger partial charge is 0.489 e. The summed E-state index contributed by atoms with van der Waals surface area (Å²) in [7, 11) is 2.14. The Morgan fingerprint density at radius 1 is 1.30 bits per heavy atom. The first-order valence-electron chi connectivity index (χ1n) is 7.19. The van der Waals surface area contributed by atoms with Crippen molar-refractivity contribution in [1.29, 1.82) is 0 Å². The molecule has 1 fully saturated rings. The van der Waals surface area contributed by atoms with Gasteiger partial charge in [0.25, 0.3) is 0 Å². The van der Waals surface area contributed by atoms with Crippen molar-refractivity contribution in [2.75, 3.05) is 33.4 Å². The number of nitrogens with zero attached hydrogens (tertiary/aromatic N) is 1. The Balaban J connectivity index is 1.98. The van der Waals surface area contributed by atoms with Crippen molar-refractivity contribution in [1.82, 2.24) is 4.90 Å². The van der Waals surface area contributed by atoms with Crippen LogP contribution in [0.4, 0.5) is 0 Å². The van der Waals surface area contributed by atoms with Crippen LogP contribution in [0.2, 0.25) is 5.02 Å². The molecule has 0 radical (unpaired) electrons. The van der Waals surface area contributed by atoms with Crippen molar-refractivity contribution in [3.05, 3.63) is 22.7 Å². The topological polar surface area (TPSA) is 47.7 Å². The highest BCUT2D eigenvalue weighted by molar-refractivity contribution is 6.32. The van der Waals surface area contributed by atoms with Crippen LogP contribution in [0.1, 0.15) is 24.4 Å². The van der Waals surface area contributed by atoms with Crippen LogP contribution >= 0.6 is 11.6 Å². The van der Waals surface area contributed by atoms with Crippen LogP contribution in [0, 0.1) is 5.92 Å². The van der Waals surface area contributed by atoms with E-state index in [-0.39, 0.29) is 0 Å². The van der Waals surface area contributed by atoms with Crippen molar-refractivity contribution in [3.8, 4) is 11.5 Å². The Labute approximate surface area is 124 Å². The van der Waals surface area contributed by atoms with Crippen LogP contribution in [0.25, 0.3) is 0 Å². The highest BCUT2D eigenvalue weighted by Gasteiger charge is 2.33. The molecule has 0 spiro atoms. The van der Waals surface area contributed by atoms with Gasteiger partial charge in [-0.1, -0.05) is 17.7 Å². The molecule has 1 aromatic carbocycles. The number of likely N-dealkylation sites (tertiary alicyclic amines) is 1. The molecule has 0 bridgehead atoms. The Morgan fingerprint density at radius 3 is 2.75 bits per heavy atom. The number of ether oxygens (including phenoxy) is 2. The number of benzene rings is 1. The van der Waals surface area contributed by atoms with Crippen LogP contribution in [-0.2, 0) is 0 Å². The van der Waals surface area contributed by atoms with Crippen molar-refractivity contribution in [2.45, 2.75) is 18.9 Å². The second-order valence-corrected chi connectivity index (χ2v) is 6.05. The molecule has 0 amide bonds.